The van der Waals surface area contributed by atoms with Gasteiger partial charge in [0.2, 0.25) is 0 Å². The predicted octanol–water partition coefficient (Wildman–Crippen LogP) is 2.46. The number of halogens is 1. The number of rotatable bonds is 3. The van der Waals surface area contributed by atoms with E-state index in [4.69, 9.17) is 16.3 Å². The molecule has 1 aliphatic carbocycles. The van der Waals surface area contributed by atoms with Gasteiger partial charge in [0.25, 0.3) is 0 Å². The molecule has 0 radical (unpaired) electrons. The molecule has 2 rings (SSSR count). The third kappa shape index (κ3) is 3.70. The molecule has 0 bridgehead atoms. The largest absolute Gasteiger partial charge is 0.459 e. The lowest BCUT2D eigenvalue weighted by molar-refractivity contribution is 0.0318. The van der Waals surface area contributed by atoms with Crippen LogP contribution in [0.4, 0.5) is 0 Å². The Hall–Kier alpha value is -1.07. The molecule has 0 spiro atoms. The average molecular weight is 303 g/mol. The third-order valence-electron chi connectivity index (χ3n) is 3.28. The molecule has 1 saturated carbocycles. The van der Waals surface area contributed by atoms with Gasteiger partial charge in [-0.2, -0.15) is 0 Å². The molecule has 1 aromatic carbocycles. The van der Waals surface area contributed by atoms with E-state index in [1.54, 1.807) is 18.2 Å². The van der Waals surface area contributed by atoms with Gasteiger partial charge in [-0.3, -0.25) is 0 Å². The second-order valence-corrected chi connectivity index (χ2v) is 7.56. The summed E-state index contributed by atoms with van der Waals surface area (Å²) < 4.78 is 28.2. The summed E-state index contributed by atoms with van der Waals surface area (Å²) in [6.45, 7) is 0. The Morgan fingerprint density at radius 3 is 2.68 bits per heavy atom. The highest BCUT2D eigenvalue weighted by Gasteiger charge is 2.33. The zero-order chi connectivity index (χ0) is 14.0. The van der Waals surface area contributed by atoms with Crippen LogP contribution >= 0.6 is 11.6 Å². The first-order valence-electron chi connectivity index (χ1n) is 6.01. The van der Waals surface area contributed by atoms with E-state index in [2.05, 4.69) is 0 Å². The van der Waals surface area contributed by atoms with E-state index in [-0.39, 0.29) is 6.10 Å². The lowest BCUT2D eigenvalue weighted by Crippen LogP contribution is -2.20. The van der Waals surface area contributed by atoms with Gasteiger partial charge in [-0.15, -0.1) is 0 Å². The Morgan fingerprint density at radius 1 is 1.37 bits per heavy atom. The van der Waals surface area contributed by atoms with Crippen LogP contribution in [-0.4, -0.2) is 32.0 Å². The van der Waals surface area contributed by atoms with Gasteiger partial charge in [0.1, 0.15) is 15.9 Å². The first-order chi connectivity index (χ1) is 8.86. The van der Waals surface area contributed by atoms with Gasteiger partial charge in [-0.05, 0) is 31.0 Å². The SMILES string of the molecule is CS(=O)(=O)[C@@H]1CC[C@@H](OC(=O)c2cccc(Cl)c2)C1. The molecule has 0 unspecified atom stereocenters. The average Bonchev–Trinajstić information content (AvgIpc) is 2.77. The molecular weight excluding hydrogens is 288 g/mol. The quantitative estimate of drug-likeness (QED) is 0.805. The maximum Gasteiger partial charge on any atom is 0.338 e. The molecule has 6 heteroatoms. The van der Waals surface area contributed by atoms with Crippen LogP contribution in [0.15, 0.2) is 24.3 Å². The number of ether oxygens (including phenoxy) is 1. The Bertz CT molecular complexity index is 582. The van der Waals surface area contributed by atoms with Crippen molar-refractivity contribution in [1.82, 2.24) is 0 Å². The zero-order valence-corrected chi connectivity index (χ0v) is 12.1. The monoisotopic (exact) mass is 302 g/mol. The third-order valence-corrected chi connectivity index (χ3v) is 5.15. The van der Waals surface area contributed by atoms with Crippen molar-refractivity contribution >= 4 is 27.4 Å². The van der Waals surface area contributed by atoms with Crippen molar-refractivity contribution in [1.29, 1.82) is 0 Å². The van der Waals surface area contributed by atoms with Crippen molar-refractivity contribution in [3.05, 3.63) is 34.9 Å². The maximum absolute atomic E-state index is 11.9. The first kappa shape index (κ1) is 14.3. The number of hydrogen-bond donors (Lipinski definition) is 0. The van der Waals surface area contributed by atoms with Gasteiger partial charge in [0.15, 0.2) is 0 Å². The van der Waals surface area contributed by atoms with Crippen molar-refractivity contribution in [2.75, 3.05) is 6.26 Å². The molecule has 2 atom stereocenters. The van der Waals surface area contributed by atoms with Crippen LogP contribution in [0.1, 0.15) is 29.6 Å². The van der Waals surface area contributed by atoms with Gasteiger partial charge in [-0.25, -0.2) is 13.2 Å². The topological polar surface area (TPSA) is 60.4 Å². The molecule has 0 heterocycles. The van der Waals surface area contributed by atoms with E-state index in [0.717, 1.165) is 0 Å². The number of benzene rings is 1. The molecule has 0 aliphatic heterocycles. The standard InChI is InChI=1S/C13H15ClO4S/c1-19(16,17)12-6-5-11(8-12)18-13(15)9-3-2-4-10(14)7-9/h2-4,7,11-12H,5-6,8H2,1H3/t11-,12-/m1/s1. The number of esters is 1. The molecule has 104 valence electrons. The van der Waals surface area contributed by atoms with Crippen LogP contribution in [0.25, 0.3) is 0 Å². The summed E-state index contributed by atoms with van der Waals surface area (Å²) in [7, 11) is -3.06. The van der Waals surface area contributed by atoms with Crippen LogP contribution in [0, 0.1) is 0 Å². The number of carbonyl (C=O) groups excluding carboxylic acids is 1. The Morgan fingerprint density at radius 2 is 2.11 bits per heavy atom. The second kappa shape index (κ2) is 5.51. The Labute approximate surface area is 117 Å². The highest BCUT2D eigenvalue weighted by molar-refractivity contribution is 7.91. The van der Waals surface area contributed by atoms with E-state index in [1.165, 1.54) is 12.3 Å². The summed E-state index contributed by atoms with van der Waals surface area (Å²) in [6, 6.07) is 6.50. The van der Waals surface area contributed by atoms with Crippen molar-refractivity contribution in [3.8, 4) is 0 Å². The molecule has 0 aromatic heterocycles. The highest BCUT2D eigenvalue weighted by atomic mass is 35.5. The molecule has 0 N–H and O–H groups in total. The first-order valence-corrected chi connectivity index (χ1v) is 8.35. The molecule has 4 nitrogen and oxygen atoms in total. The Kier molecular flexibility index (Phi) is 4.16. The molecule has 1 aliphatic rings. The van der Waals surface area contributed by atoms with E-state index < -0.39 is 21.1 Å². The smallest absolute Gasteiger partial charge is 0.338 e. The van der Waals surface area contributed by atoms with Gasteiger partial charge < -0.3 is 4.74 Å². The van der Waals surface area contributed by atoms with E-state index in [0.29, 0.717) is 29.8 Å². The van der Waals surface area contributed by atoms with Crippen molar-refractivity contribution < 1.29 is 17.9 Å². The minimum absolute atomic E-state index is 0.328. The van der Waals surface area contributed by atoms with E-state index in [9.17, 15) is 13.2 Å². The summed E-state index contributed by atoms with van der Waals surface area (Å²) in [5, 5.41) is 0.0690. The van der Waals surface area contributed by atoms with Crippen molar-refractivity contribution in [3.63, 3.8) is 0 Å². The van der Waals surface area contributed by atoms with Crippen LogP contribution in [0.2, 0.25) is 5.02 Å². The highest BCUT2D eigenvalue weighted by Crippen LogP contribution is 2.28. The van der Waals surface area contributed by atoms with Crippen LogP contribution in [0.5, 0.6) is 0 Å². The molecule has 0 saturated heterocycles. The van der Waals surface area contributed by atoms with Gasteiger partial charge in [0.05, 0.1) is 10.8 Å². The summed E-state index contributed by atoms with van der Waals surface area (Å²) in [4.78, 5) is 11.9. The van der Waals surface area contributed by atoms with Crippen molar-refractivity contribution in [2.24, 2.45) is 0 Å². The van der Waals surface area contributed by atoms with Gasteiger partial charge in [-0.1, -0.05) is 17.7 Å². The van der Waals surface area contributed by atoms with E-state index >= 15 is 0 Å². The fourth-order valence-corrected chi connectivity index (χ4v) is 3.55. The van der Waals surface area contributed by atoms with Gasteiger partial charge >= 0.3 is 5.97 Å². The lowest BCUT2D eigenvalue weighted by atomic mass is 10.2. The normalized spacial score (nSPS) is 23.3. The van der Waals surface area contributed by atoms with Crippen LogP contribution in [-0.2, 0) is 14.6 Å². The lowest BCUT2D eigenvalue weighted by Gasteiger charge is -2.12. The number of sulfone groups is 1. The fourth-order valence-electron chi connectivity index (χ4n) is 2.23. The summed E-state index contributed by atoms with van der Waals surface area (Å²) in [5.74, 6) is -0.457. The fraction of sp³-hybridized carbons (Fsp3) is 0.462. The van der Waals surface area contributed by atoms with E-state index in [1.807, 2.05) is 0 Å². The summed E-state index contributed by atoms with van der Waals surface area (Å²) in [6.07, 6.45) is 2.41. The number of carbonyl (C=O) groups is 1. The molecule has 0 amide bonds. The Balaban J connectivity index is 1.98. The minimum atomic E-state index is -3.06. The predicted molar refractivity (Wildman–Crippen MR) is 73.1 cm³/mol. The second-order valence-electron chi connectivity index (χ2n) is 4.80. The number of hydrogen-bond acceptors (Lipinski definition) is 4. The van der Waals surface area contributed by atoms with Gasteiger partial charge in [0, 0.05) is 17.7 Å². The molecule has 19 heavy (non-hydrogen) atoms. The molecular formula is C13H15ClO4S. The van der Waals surface area contributed by atoms with Crippen LogP contribution < -0.4 is 0 Å². The zero-order valence-electron chi connectivity index (χ0n) is 10.5. The summed E-state index contributed by atoms with van der Waals surface area (Å²) >= 11 is 5.80. The maximum atomic E-state index is 11.9. The van der Waals surface area contributed by atoms with Crippen LogP contribution in [0.3, 0.4) is 0 Å². The summed E-state index contributed by atoms with van der Waals surface area (Å²) in [5.41, 5.74) is 0.385. The minimum Gasteiger partial charge on any atom is -0.459 e. The molecule has 1 aromatic rings. The molecule has 1 fully saturated rings. The van der Waals surface area contributed by atoms with Crippen molar-refractivity contribution in [2.45, 2.75) is 30.6 Å².